The molecule has 17 heavy (non-hydrogen) atoms. The van der Waals surface area contributed by atoms with Crippen molar-refractivity contribution in [3.63, 3.8) is 0 Å². The number of halogens is 1. The van der Waals surface area contributed by atoms with E-state index >= 15 is 0 Å². The normalized spacial score (nSPS) is 10.0. The van der Waals surface area contributed by atoms with Crippen molar-refractivity contribution in [3.8, 4) is 0 Å². The summed E-state index contributed by atoms with van der Waals surface area (Å²) in [5.74, 6) is 0.475. The van der Waals surface area contributed by atoms with Crippen LogP contribution in [0.4, 0.5) is 0 Å². The summed E-state index contributed by atoms with van der Waals surface area (Å²) in [6.45, 7) is 2.59. The molecule has 0 spiro atoms. The summed E-state index contributed by atoms with van der Waals surface area (Å²) < 4.78 is 1.03. The van der Waals surface area contributed by atoms with Gasteiger partial charge in [0.05, 0.1) is 6.54 Å². The third-order valence-corrected chi connectivity index (χ3v) is 3.08. The molecule has 0 aromatic heterocycles. The summed E-state index contributed by atoms with van der Waals surface area (Å²) in [6.07, 6.45) is 1.60. The van der Waals surface area contributed by atoms with Gasteiger partial charge in [0.25, 0.3) is 0 Å². The number of nitrogens with two attached hydrogens (primary N) is 1. The van der Waals surface area contributed by atoms with Gasteiger partial charge in [-0.2, -0.15) is 0 Å². The number of nitrogens with one attached hydrogen (secondary N) is 1. The molecule has 0 unspecified atom stereocenters. The van der Waals surface area contributed by atoms with Crippen LogP contribution >= 0.6 is 28.1 Å². The molecule has 0 bridgehead atoms. The number of hydrogen-bond donors (Lipinski definition) is 2. The SMILES string of the molecule is CCCC(=N)N(Cc1ccc(Br)cc1)C(N)=S. The van der Waals surface area contributed by atoms with Gasteiger partial charge < -0.3 is 10.6 Å². The fourth-order valence-corrected chi connectivity index (χ4v) is 1.89. The summed E-state index contributed by atoms with van der Waals surface area (Å²) >= 11 is 8.37. The molecule has 5 heteroatoms. The molecule has 0 saturated carbocycles. The molecule has 0 heterocycles. The number of benzene rings is 1. The van der Waals surface area contributed by atoms with Gasteiger partial charge in [-0.3, -0.25) is 5.41 Å². The minimum absolute atomic E-state index is 0.256. The summed E-state index contributed by atoms with van der Waals surface area (Å²) in [5.41, 5.74) is 6.74. The zero-order valence-electron chi connectivity index (χ0n) is 9.74. The first kappa shape index (κ1) is 14.1. The van der Waals surface area contributed by atoms with Gasteiger partial charge >= 0.3 is 0 Å². The van der Waals surface area contributed by atoms with E-state index in [-0.39, 0.29) is 5.11 Å². The average molecular weight is 314 g/mol. The van der Waals surface area contributed by atoms with Gasteiger partial charge in [0, 0.05) is 10.9 Å². The van der Waals surface area contributed by atoms with Gasteiger partial charge in [0.1, 0.15) is 5.84 Å². The molecular weight excluding hydrogens is 298 g/mol. The number of amidine groups is 1. The van der Waals surface area contributed by atoms with E-state index in [0.29, 0.717) is 18.8 Å². The molecule has 0 radical (unpaired) electrons. The highest BCUT2D eigenvalue weighted by Gasteiger charge is 2.12. The first-order valence-corrected chi connectivity index (χ1v) is 6.63. The van der Waals surface area contributed by atoms with Gasteiger partial charge in [-0.15, -0.1) is 0 Å². The van der Waals surface area contributed by atoms with Gasteiger partial charge in [-0.25, -0.2) is 0 Å². The van der Waals surface area contributed by atoms with Crippen molar-refractivity contribution in [2.24, 2.45) is 5.73 Å². The Morgan fingerprint density at radius 3 is 2.47 bits per heavy atom. The molecule has 0 aliphatic rings. The Labute approximate surface area is 116 Å². The number of hydrogen-bond acceptors (Lipinski definition) is 2. The predicted octanol–water partition coefficient (Wildman–Crippen LogP) is 3.27. The van der Waals surface area contributed by atoms with Crippen LogP contribution < -0.4 is 5.73 Å². The average Bonchev–Trinajstić information content (AvgIpc) is 2.28. The first-order chi connectivity index (χ1) is 8.04. The Kier molecular flexibility index (Phi) is 5.58. The van der Waals surface area contributed by atoms with Crippen LogP contribution in [0.3, 0.4) is 0 Å². The highest BCUT2D eigenvalue weighted by molar-refractivity contribution is 9.10. The summed E-state index contributed by atoms with van der Waals surface area (Å²) in [6, 6.07) is 7.93. The van der Waals surface area contributed by atoms with E-state index < -0.39 is 0 Å². The fraction of sp³-hybridized carbons (Fsp3) is 0.333. The van der Waals surface area contributed by atoms with Crippen LogP contribution in [0.2, 0.25) is 0 Å². The van der Waals surface area contributed by atoms with Gasteiger partial charge in [0.15, 0.2) is 5.11 Å². The highest BCUT2D eigenvalue weighted by Crippen LogP contribution is 2.13. The molecule has 0 fully saturated rings. The second kappa shape index (κ2) is 6.71. The minimum Gasteiger partial charge on any atom is -0.376 e. The van der Waals surface area contributed by atoms with E-state index in [1.165, 1.54) is 0 Å². The van der Waals surface area contributed by atoms with E-state index in [2.05, 4.69) is 15.9 Å². The van der Waals surface area contributed by atoms with Crippen LogP contribution in [-0.2, 0) is 6.54 Å². The maximum atomic E-state index is 7.92. The smallest absolute Gasteiger partial charge is 0.172 e. The van der Waals surface area contributed by atoms with Crippen molar-refractivity contribution < 1.29 is 0 Å². The Morgan fingerprint density at radius 1 is 1.41 bits per heavy atom. The molecule has 3 N–H and O–H groups in total. The third-order valence-electron chi connectivity index (χ3n) is 2.33. The summed E-state index contributed by atoms with van der Waals surface area (Å²) in [5, 5.41) is 8.17. The highest BCUT2D eigenvalue weighted by atomic mass is 79.9. The summed E-state index contributed by atoms with van der Waals surface area (Å²) in [4.78, 5) is 1.67. The monoisotopic (exact) mass is 313 g/mol. The minimum atomic E-state index is 0.256. The van der Waals surface area contributed by atoms with E-state index in [4.69, 9.17) is 23.4 Å². The number of rotatable bonds is 4. The van der Waals surface area contributed by atoms with Crippen molar-refractivity contribution in [2.45, 2.75) is 26.3 Å². The third kappa shape index (κ3) is 4.44. The second-order valence-corrected chi connectivity index (χ2v) is 5.08. The molecule has 1 aromatic rings. The zero-order valence-corrected chi connectivity index (χ0v) is 12.1. The van der Waals surface area contributed by atoms with Crippen LogP contribution in [0.1, 0.15) is 25.3 Å². The van der Waals surface area contributed by atoms with E-state index in [0.717, 1.165) is 16.5 Å². The Morgan fingerprint density at radius 2 is 2.00 bits per heavy atom. The quantitative estimate of drug-likeness (QED) is 0.509. The first-order valence-electron chi connectivity index (χ1n) is 5.43. The van der Waals surface area contributed by atoms with Crippen LogP contribution in [0.15, 0.2) is 28.7 Å². The lowest BCUT2D eigenvalue weighted by Gasteiger charge is -2.23. The van der Waals surface area contributed by atoms with E-state index in [1.54, 1.807) is 4.90 Å². The molecule has 1 aromatic carbocycles. The lowest BCUT2D eigenvalue weighted by molar-refractivity contribution is 0.585. The van der Waals surface area contributed by atoms with Crippen molar-refractivity contribution in [1.29, 1.82) is 5.41 Å². The lowest BCUT2D eigenvalue weighted by atomic mass is 10.2. The van der Waals surface area contributed by atoms with E-state index in [1.807, 2.05) is 31.2 Å². The molecular formula is C12H16BrN3S. The number of thiocarbonyl (C=S) groups is 1. The van der Waals surface area contributed by atoms with Crippen molar-refractivity contribution in [1.82, 2.24) is 4.90 Å². The van der Waals surface area contributed by atoms with Gasteiger partial charge in [-0.05, 0) is 36.3 Å². The standard InChI is InChI=1S/C12H16BrN3S/c1-2-3-11(14)16(12(15)17)8-9-4-6-10(13)7-5-9/h4-7,14H,2-3,8H2,1H3,(H2,15,17). The van der Waals surface area contributed by atoms with Crippen molar-refractivity contribution >= 4 is 39.1 Å². The van der Waals surface area contributed by atoms with Crippen molar-refractivity contribution in [3.05, 3.63) is 34.3 Å². The van der Waals surface area contributed by atoms with Crippen LogP contribution in [-0.4, -0.2) is 15.8 Å². The van der Waals surface area contributed by atoms with Crippen LogP contribution in [0, 0.1) is 5.41 Å². The van der Waals surface area contributed by atoms with Crippen molar-refractivity contribution in [2.75, 3.05) is 0 Å². The Hall–Kier alpha value is -0.940. The maximum Gasteiger partial charge on any atom is 0.172 e. The second-order valence-electron chi connectivity index (χ2n) is 3.75. The molecule has 0 saturated heterocycles. The molecule has 1 rings (SSSR count). The number of nitrogens with zero attached hydrogens (tertiary/aromatic N) is 1. The molecule has 0 aliphatic heterocycles. The topological polar surface area (TPSA) is 53.1 Å². The van der Waals surface area contributed by atoms with Gasteiger partial charge in [0.2, 0.25) is 0 Å². The molecule has 3 nitrogen and oxygen atoms in total. The molecule has 92 valence electrons. The Balaban J connectivity index is 2.76. The largest absolute Gasteiger partial charge is 0.376 e. The van der Waals surface area contributed by atoms with Gasteiger partial charge in [-0.1, -0.05) is 35.0 Å². The lowest BCUT2D eigenvalue weighted by Crippen LogP contribution is -2.39. The molecule has 0 aliphatic carbocycles. The predicted molar refractivity (Wildman–Crippen MR) is 79.1 cm³/mol. The fourth-order valence-electron chi connectivity index (χ4n) is 1.45. The Bertz CT molecular complexity index is 403. The molecule has 0 atom stereocenters. The van der Waals surface area contributed by atoms with E-state index in [9.17, 15) is 0 Å². The summed E-state index contributed by atoms with van der Waals surface area (Å²) in [7, 11) is 0. The van der Waals surface area contributed by atoms with Crippen LogP contribution in [0.25, 0.3) is 0 Å². The maximum absolute atomic E-state index is 7.92. The van der Waals surface area contributed by atoms with Crippen LogP contribution in [0.5, 0.6) is 0 Å². The zero-order chi connectivity index (χ0) is 12.8. The molecule has 0 amide bonds.